The van der Waals surface area contributed by atoms with E-state index in [1.165, 1.54) is 42.5 Å². The predicted octanol–water partition coefficient (Wildman–Crippen LogP) is 5.18. The molecule has 18 N–H and O–H groups in total. The van der Waals surface area contributed by atoms with Crippen molar-refractivity contribution in [2.24, 2.45) is 46.5 Å². The van der Waals surface area contributed by atoms with Gasteiger partial charge in [0.25, 0.3) is 0 Å². The molecule has 33 nitrogen and oxygen atoms in total. The predicted molar refractivity (Wildman–Crippen MR) is 400 cm³/mol. The summed E-state index contributed by atoms with van der Waals surface area (Å²) in [6, 6.07) is 2.46. The molecule has 114 heavy (non-hydrogen) atoms. The molecule has 10 aliphatic rings. The van der Waals surface area contributed by atoms with Gasteiger partial charge in [-0.1, -0.05) is 88.4 Å². The van der Waals surface area contributed by atoms with Gasteiger partial charge < -0.3 is 127 Å². The average molecular weight is 1620 g/mol. The number of amides is 6. The molecular weight excluding hydrogens is 1530 g/mol. The van der Waals surface area contributed by atoms with Crippen LogP contribution in [0, 0.1) is 35.0 Å². The van der Waals surface area contributed by atoms with Crippen LogP contribution < -0.4 is 57.6 Å². The second-order valence-corrected chi connectivity index (χ2v) is 32.1. The molecule has 7 aliphatic heterocycles. The fourth-order valence-corrected chi connectivity index (χ4v) is 16.5. The Hall–Kier alpha value is -9.49. The fraction of sp³-hybridized carbons (Fsp3) is 0.506. The lowest BCUT2D eigenvalue weighted by Gasteiger charge is -2.73. The van der Waals surface area contributed by atoms with Crippen molar-refractivity contribution in [1.82, 2.24) is 31.9 Å². The summed E-state index contributed by atoms with van der Waals surface area (Å²) in [5, 5.41) is 106. The number of hydrogen-bond acceptors (Lipinski definition) is 25. The number of hydrogen-bond donors (Lipinski definition) is 16. The molecule has 7 heterocycles. The minimum atomic E-state index is -2.24. The van der Waals surface area contributed by atoms with E-state index in [-0.39, 0.29) is 99.2 Å². The van der Waals surface area contributed by atoms with Crippen LogP contribution >= 0.6 is 23.2 Å². The number of halogens is 2. The number of rotatable bonds is 21. The molecular formula is C79H92Cl2N8O25. The van der Waals surface area contributed by atoms with Gasteiger partial charge in [-0.25, -0.2) is 9.59 Å². The molecule has 5 aromatic carbocycles. The van der Waals surface area contributed by atoms with Crippen LogP contribution in [0.4, 0.5) is 0 Å². The normalized spacial score (nSPS) is 31.4. The molecule has 9 bridgehead atoms. The van der Waals surface area contributed by atoms with E-state index in [1.54, 1.807) is 6.92 Å². The summed E-state index contributed by atoms with van der Waals surface area (Å²) in [6.07, 6.45) is -8.99. The number of aliphatic hydroxyl groups is 3. The van der Waals surface area contributed by atoms with Crippen molar-refractivity contribution in [1.29, 1.82) is 0 Å². The number of ether oxygens (including phenoxy) is 8. The molecule has 0 aromatic heterocycles. The van der Waals surface area contributed by atoms with Crippen molar-refractivity contribution in [2.75, 3.05) is 19.8 Å². The number of aromatic hydroxyl groups is 3. The number of unbranched alkanes of at least 4 members (excludes halogenated alkanes) is 1. The van der Waals surface area contributed by atoms with E-state index in [2.05, 4.69) is 31.9 Å². The Kier molecular flexibility index (Phi) is 24.2. The molecule has 15 rings (SSSR count). The van der Waals surface area contributed by atoms with Crippen LogP contribution in [0.5, 0.6) is 46.0 Å². The van der Waals surface area contributed by atoms with Crippen LogP contribution in [-0.2, 0) is 66.8 Å². The molecule has 6 fully saturated rings. The molecule has 3 saturated carbocycles. The largest absolute Gasteiger partial charge is 0.508 e. The van der Waals surface area contributed by atoms with E-state index in [9.17, 15) is 74.4 Å². The van der Waals surface area contributed by atoms with Crippen LogP contribution in [-0.4, -0.2) is 187 Å². The Bertz CT molecular complexity index is 4590. The van der Waals surface area contributed by atoms with E-state index >= 15 is 9.59 Å². The zero-order valence-corrected chi connectivity index (χ0v) is 64.1. The van der Waals surface area contributed by atoms with Crippen molar-refractivity contribution >= 4 is 76.9 Å². The molecule has 21 unspecified atom stereocenters. The first-order chi connectivity index (χ1) is 54.2. The van der Waals surface area contributed by atoms with Gasteiger partial charge in [-0.2, -0.15) is 0 Å². The zero-order valence-electron chi connectivity index (χ0n) is 62.6. The van der Waals surface area contributed by atoms with Crippen LogP contribution in [0.15, 0.2) is 78.9 Å². The quantitative estimate of drug-likeness (QED) is 0.0332. The number of phenols is 3. The monoisotopic (exact) mass is 1620 g/mol. The lowest BCUT2D eigenvalue weighted by atomic mass is 9.48. The Labute approximate surface area is 663 Å². The third-order valence-corrected chi connectivity index (χ3v) is 23.7. The van der Waals surface area contributed by atoms with Crippen molar-refractivity contribution in [2.45, 2.75) is 196 Å². The summed E-state index contributed by atoms with van der Waals surface area (Å²) >= 11 is 14.4. The highest BCUT2D eigenvalue weighted by atomic mass is 35.5. The molecule has 0 radical (unpaired) electrons. The first-order valence-electron chi connectivity index (χ1n) is 37.8. The molecule has 21 atom stereocenters. The summed E-state index contributed by atoms with van der Waals surface area (Å²) in [5.41, 5.74) is 7.59. The highest BCUT2D eigenvalue weighted by Crippen LogP contribution is 2.64. The number of aldehydes is 1. The number of phenolic OH excluding ortho intramolecular Hbond substituents is 3. The number of carbonyl (C=O) groups is 9. The summed E-state index contributed by atoms with van der Waals surface area (Å²) < 4.78 is 54.7. The van der Waals surface area contributed by atoms with Crippen molar-refractivity contribution in [3.8, 4) is 57.1 Å². The first-order valence-corrected chi connectivity index (χ1v) is 38.6. The lowest BCUT2D eigenvalue weighted by molar-refractivity contribution is -0.468. The zero-order chi connectivity index (χ0) is 81.8. The highest BCUT2D eigenvalue weighted by molar-refractivity contribution is 6.32. The number of primary amides is 1. The number of fused-ring (bicyclic) bond motifs is 21. The molecule has 3 saturated heterocycles. The number of carboxylic acid groups (broad SMARTS) is 2. The maximum atomic E-state index is 15.9. The maximum Gasteiger partial charge on any atom is 0.334 e. The van der Waals surface area contributed by atoms with Gasteiger partial charge in [0, 0.05) is 48.2 Å². The molecule has 3 aliphatic carbocycles. The van der Waals surface area contributed by atoms with Crippen molar-refractivity contribution < 1.29 is 122 Å². The summed E-state index contributed by atoms with van der Waals surface area (Å²) in [6.45, 7) is 9.44. The van der Waals surface area contributed by atoms with E-state index in [1.807, 2.05) is 27.7 Å². The van der Waals surface area contributed by atoms with Gasteiger partial charge >= 0.3 is 11.9 Å². The Morgan fingerprint density at radius 3 is 2.09 bits per heavy atom. The molecule has 0 spiro atoms. The van der Waals surface area contributed by atoms with Gasteiger partial charge in [-0.15, -0.1) is 0 Å². The third-order valence-electron chi connectivity index (χ3n) is 23.2. The van der Waals surface area contributed by atoms with E-state index < -0.39 is 214 Å². The lowest BCUT2D eigenvalue weighted by Crippen LogP contribution is -2.90. The van der Waals surface area contributed by atoms with Crippen LogP contribution in [0.2, 0.25) is 10.0 Å². The Balaban J connectivity index is 1.000. The molecule has 35 heteroatoms. The van der Waals surface area contributed by atoms with Crippen LogP contribution in [0.3, 0.4) is 0 Å². The summed E-state index contributed by atoms with van der Waals surface area (Å²) in [7, 11) is 0. The maximum absolute atomic E-state index is 15.9. The van der Waals surface area contributed by atoms with Gasteiger partial charge in [0.2, 0.25) is 47.5 Å². The first kappa shape index (κ1) is 82.5. The molecule has 612 valence electrons. The number of benzene rings is 5. The van der Waals surface area contributed by atoms with Crippen molar-refractivity contribution in [3.05, 3.63) is 117 Å². The van der Waals surface area contributed by atoms with E-state index in [4.69, 9.17) is 72.6 Å². The molecule has 5 aromatic rings. The third kappa shape index (κ3) is 16.6. The van der Waals surface area contributed by atoms with Gasteiger partial charge in [0.15, 0.2) is 29.9 Å². The minimum Gasteiger partial charge on any atom is -0.508 e. The van der Waals surface area contributed by atoms with E-state index in [0.29, 0.717) is 25.9 Å². The smallest absolute Gasteiger partial charge is 0.334 e. The second kappa shape index (κ2) is 33.4. The Morgan fingerprint density at radius 1 is 0.789 bits per heavy atom. The topological polar surface area (TPSA) is 514 Å². The summed E-state index contributed by atoms with van der Waals surface area (Å²) in [4.78, 5) is 127. The Morgan fingerprint density at radius 2 is 1.46 bits per heavy atom. The van der Waals surface area contributed by atoms with Gasteiger partial charge in [-0.3, -0.25) is 28.8 Å². The second-order valence-electron chi connectivity index (χ2n) is 31.3. The number of nitrogens with one attached hydrogen (secondary N) is 6. The number of aliphatic hydroxyl groups excluding tert-OH is 3. The highest BCUT2D eigenvalue weighted by Gasteiger charge is 2.79. The van der Waals surface area contributed by atoms with Crippen molar-refractivity contribution in [3.63, 3.8) is 0 Å². The number of carbonyl (C=O) groups excluding carboxylic acids is 7. The van der Waals surface area contributed by atoms with Gasteiger partial charge in [0.1, 0.15) is 89.7 Å². The number of aliphatic carboxylic acids is 2. The fourth-order valence-electron chi connectivity index (χ4n) is 16.1. The summed E-state index contributed by atoms with van der Waals surface area (Å²) in [5.74, 6) is -14.0. The van der Waals surface area contributed by atoms with E-state index in [0.717, 1.165) is 62.1 Å². The molecule has 6 amide bonds. The van der Waals surface area contributed by atoms with Gasteiger partial charge in [-0.05, 0) is 133 Å². The number of carboxylic acids is 2. The van der Waals surface area contributed by atoms with Gasteiger partial charge in [0.05, 0.1) is 52.3 Å². The van der Waals surface area contributed by atoms with Crippen LogP contribution in [0.25, 0.3) is 11.1 Å². The average Bonchev–Trinajstić information content (AvgIpc) is 0.855. The standard InChI is InChI=1S/C79H92Cl2N8O25/c1-6-7-18-107-54(74(103)104)29-84-79(5)68(98)69-78(79,4)77(114-69)113-67-66-58(40-21-38(40)31-108-66)51(19-33-9-10-33)111-76(67)112-65-52-24-37-25-53(65)110-50-16-13-36(23-44(50)81)64(97)62(87-55(94)17-8-32(2)3)73(102)85-45(70(83)99)28-56(95)88-60(37)72(101)86-46(30-90)34-11-14-47(92)41(20-34)57-42(26-39(91)27-48(57)93)61(75(105)106)89-71(100)59(82)63(96)35-12-15-49(109-52)43(80)22-35/h11-16,20,22-27,30,32-33,38,40,45-46,51,54,58-64,66-69,76-77,84,91-93,96-98H,6-10,17-19,21,28-29,31,82H2,1-5H3,(H2,83,99)(H,85,102)(H,86,101)(H,87,94)(H,88,95)(H,89,100)(H,103,104)(H,105,106). The number of nitrogens with two attached hydrogens (primary N) is 2. The SMILES string of the molecule is CCCCOC(CNC1(C)C(O)C2OC(OC3C(Oc4c5cc6cc4Oc4ccc(cc4Cl)C(O)C(NC(=O)CCC(C)C)C(=O)NC(C(N)=O)CC(=O)NC6C(=O)NC(C=O)c4ccc(O)c(c4)-c4c(O)cc(O)cc4C(C(=O)O)NC(=O)C(N)C(O)c4ccc(c(Cl)c4)O5)OC(CC4CC4)C4C5CC5COC34)C21C)C(=O)O. The minimum absolute atomic E-state index is 0.0117. The van der Waals surface area contributed by atoms with Crippen LogP contribution in [0.1, 0.15) is 151 Å².